The van der Waals surface area contributed by atoms with E-state index in [9.17, 15) is 4.79 Å². The Morgan fingerprint density at radius 2 is 2.33 bits per heavy atom. The lowest BCUT2D eigenvalue weighted by molar-refractivity contribution is 0.112. The van der Waals surface area contributed by atoms with Crippen molar-refractivity contribution in [2.75, 3.05) is 11.6 Å². The molecule has 1 aromatic carbocycles. The number of hydrogen-bond acceptors (Lipinski definition) is 3. The number of hydrazine groups is 1. The molecule has 0 aliphatic carbocycles. The summed E-state index contributed by atoms with van der Waals surface area (Å²) >= 11 is 0. The smallest absolute Gasteiger partial charge is 0.150 e. The number of nitrogens with two attached hydrogens (primary N) is 1. The summed E-state index contributed by atoms with van der Waals surface area (Å²) in [6.45, 7) is 0.845. The summed E-state index contributed by atoms with van der Waals surface area (Å²) in [6, 6.07) is 5.58. The number of anilines is 1. The molecular formula is C9H10N2O. The number of nitrogens with zero attached hydrogens (tertiary/aromatic N) is 1. The van der Waals surface area contributed by atoms with Gasteiger partial charge >= 0.3 is 0 Å². The standard InChI is InChI=1S/C9H10N2O/c10-11-4-3-8-5-7(6-12)1-2-9(8)11/h1-2,5-6H,3-4,10H2. The first-order valence-electron chi connectivity index (χ1n) is 3.91. The summed E-state index contributed by atoms with van der Waals surface area (Å²) in [5.74, 6) is 5.68. The van der Waals surface area contributed by atoms with Gasteiger partial charge in [-0.05, 0) is 30.2 Å². The van der Waals surface area contributed by atoms with Gasteiger partial charge < -0.3 is 5.01 Å². The van der Waals surface area contributed by atoms with E-state index in [1.165, 1.54) is 5.56 Å². The van der Waals surface area contributed by atoms with Gasteiger partial charge in [-0.1, -0.05) is 0 Å². The second-order valence-electron chi connectivity index (χ2n) is 2.95. The Labute approximate surface area is 70.8 Å². The van der Waals surface area contributed by atoms with Gasteiger partial charge in [0.25, 0.3) is 0 Å². The highest BCUT2D eigenvalue weighted by Crippen LogP contribution is 2.25. The quantitative estimate of drug-likeness (QED) is 0.489. The monoisotopic (exact) mass is 162 g/mol. The highest BCUT2D eigenvalue weighted by molar-refractivity contribution is 5.77. The van der Waals surface area contributed by atoms with Crippen LogP contribution in [0.25, 0.3) is 0 Å². The van der Waals surface area contributed by atoms with Gasteiger partial charge in [0.05, 0.1) is 5.69 Å². The lowest BCUT2D eigenvalue weighted by Crippen LogP contribution is -2.27. The van der Waals surface area contributed by atoms with Crippen LogP contribution in [0, 0.1) is 0 Å². The van der Waals surface area contributed by atoms with Crippen LogP contribution in [0.4, 0.5) is 5.69 Å². The average Bonchev–Trinajstić information content (AvgIpc) is 2.47. The van der Waals surface area contributed by atoms with Crippen molar-refractivity contribution in [2.24, 2.45) is 5.84 Å². The maximum atomic E-state index is 10.4. The van der Waals surface area contributed by atoms with Gasteiger partial charge in [0.1, 0.15) is 6.29 Å². The van der Waals surface area contributed by atoms with Crippen LogP contribution in [0.5, 0.6) is 0 Å². The van der Waals surface area contributed by atoms with Crippen molar-refractivity contribution in [3.05, 3.63) is 29.3 Å². The summed E-state index contributed by atoms with van der Waals surface area (Å²) in [7, 11) is 0. The Morgan fingerprint density at radius 3 is 3.08 bits per heavy atom. The molecule has 0 bridgehead atoms. The molecule has 2 rings (SSSR count). The minimum absolute atomic E-state index is 0.726. The van der Waals surface area contributed by atoms with E-state index in [2.05, 4.69) is 0 Å². The maximum Gasteiger partial charge on any atom is 0.150 e. The van der Waals surface area contributed by atoms with Gasteiger partial charge in [-0.15, -0.1) is 0 Å². The van der Waals surface area contributed by atoms with Crippen molar-refractivity contribution in [2.45, 2.75) is 6.42 Å². The summed E-state index contributed by atoms with van der Waals surface area (Å²) in [5.41, 5.74) is 2.94. The number of carbonyl (C=O) groups is 1. The third kappa shape index (κ3) is 0.987. The predicted molar refractivity (Wildman–Crippen MR) is 47.1 cm³/mol. The van der Waals surface area contributed by atoms with Crippen molar-refractivity contribution < 1.29 is 4.79 Å². The molecule has 0 fully saturated rings. The van der Waals surface area contributed by atoms with Crippen molar-refractivity contribution in [1.82, 2.24) is 0 Å². The van der Waals surface area contributed by atoms with Gasteiger partial charge in [0.2, 0.25) is 0 Å². The van der Waals surface area contributed by atoms with Gasteiger partial charge in [-0.25, -0.2) is 5.84 Å². The van der Waals surface area contributed by atoms with Crippen LogP contribution in [-0.4, -0.2) is 12.8 Å². The van der Waals surface area contributed by atoms with Crippen molar-refractivity contribution in [1.29, 1.82) is 0 Å². The lowest BCUT2D eigenvalue weighted by atomic mass is 10.1. The zero-order valence-electron chi connectivity index (χ0n) is 6.66. The predicted octanol–water partition coefficient (Wildman–Crippen LogP) is 0.735. The average molecular weight is 162 g/mol. The molecule has 0 aromatic heterocycles. The van der Waals surface area contributed by atoms with Crippen molar-refractivity contribution >= 4 is 12.0 Å². The SMILES string of the molecule is NN1CCc2cc(C=O)ccc21. The topological polar surface area (TPSA) is 46.3 Å². The first kappa shape index (κ1) is 7.31. The number of aldehydes is 1. The zero-order valence-corrected chi connectivity index (χ0v) is 6.66. The number of fused-ring (bicyclic) bond motifs is 1. The molecule has 62 valence electrons. The fourth-order valence-corrected chi connectivity index (χ4v) is 1.52. The Balaban J connectivity index is 2.48. The van der Waals surface area contributed by atoms with Crippen LogP contribution >= 0.6 is 0 Å². The second-order valence-corrected chi connectivity index (χ2v) is 2.95. The van der Waals surface area contributed by atoms with Gasteiger partial charge in [-0.3, -0.25) is 4.79 Å². The van der Waals surface area contributed by atoms with Crippen LogP contribution in [0.2, 0.25) is 0 Å². The molecule has 0 radical (unpaired) electrons. The Hall–Kier alpha value is -1.35. The van der Waals surface area contributed by atoms with E-state index < -0.39 is 0 Å². The summed E-state index contributed by atoms with van der Waals surface area (Å²) in [5, 5.41) is 1.71. The fourth-order valence-electron chi connectivity index (χ4n) is 1.52. The van der Waals surface area contributed by atoms with E-state index in [1.54, 1.807) is 11.1 Å². The molecule has 0 atom stereocenters. The van der Waals surface area contributed by atoms with Crippen LogP contribution in [0.15, 0.2) is 18.2 Å². The highest BCUT2D eigenvalue weighted by atomic mass is 16.1. The summed E-state index contributed by atoms with van der Waals surface area (Å²) in [4.78, 5) is 10.4. The Morgan fingerprint density at radius 1 is 1.50 bits per heavy atom. The Kier molecular flexibility index (Phi) is 1.59. The maximum absolute atomic E-state index is 10.4. The molecule has 1 aliphatic heterocycles. The van der Waals surface area contributed by atoms with E-state index in [0.29, 0.717) is 0 Å². The number of benzene rings is 1. The molecule has 2 N–H and O–H groups in total. The molecule has 0 spiro atoms. The van der Waals surface area contributed by atoms with Crippen molar-refractivity contribution in [3.63, 3.8) is 0 Å². The molecule has 1 aromatic rings. The molecule has 0 unspecified atom stereocenters. The van der Waals surface area contributed by atoms with E-state index in [1.807, 2.05) is 12.1 Å². The largest absolute Gasteiger partial charge is 0.310 e. The molecule has 3 heteroatoms. The van der Waals surface area contributed by atoms with Gasteiger partial charge in [0, 0.05) is 12.1 Å². The number of carbonyl (C=O) groups excluding carboxylic acids is 1. The molecule has 12 heavy (non-hydrogen) atoms. The van der Waals surface area contributed by atoms with Crippen LogP contribution in [0.3, 0.4) is 0 Å². The minimum Gasteiger partial charge on any atom is -0.310 e. The molecule has 3 nitrogen and oxygen atoms in total. The molecule has 0 saturated carbocycles. The van der Waals surface area contributed by atoms with Crippen LogP contribution < -0.4 is 10.9 Å². The van der Waals surface area contributed by atoms with E-state index in [0.717, 1.165) is 30.5 Å². The highest BCUT2D eigenvalue weighted by Gasteiger charge is 2.15. The van der Waals surface area contributed by atoms with Crippen LogP contribution in [-0.2, 0) is 6.42 Å². The lowest BCUT2D eigenvalue weighted by Gasteiger charge is -2.10. The van der Waals surface area contributed by atoms with E-state index >= 15 is 0 Å². The number of rotatable bonds is 1. The summed E-state index contributed by atoms with van der Waals surface area (Å²) in [6.07, 6.45) is 1.80. The Bertz CT molecular complexity index is 322. The van der Waals surface area contributed by atoms with Gasteiger partial charge in [0.15, 0.2) is 0 Å². The second kappa shape index (κ2) is 2.60. The summed E-state index contributed by atoms with van der Waals surface area (Å²) < 4.78 is 0. The first-order chi connectivity index (χ1) is 5.81. The molecule has 0 amide bonds. The van der Waals surface area contributed by atoms with Gasteiger partial charge in [-0.2, -0.15) is 0 Å². The van der Waals surface area contributed by atoms with E-state index in [4.69, 9.17) is 5.84 Å². The number of hydrogen-bond donors (Lipinski definition) is 1. The molecular weight excluding hydrogens is 152 g/mol. The van der Waals surface area contributed by atoms with Crippen molar-refractivity contribution in [3.8, 4) is 0 Å². The third-order valence-corrected chi connectivity index (χ3v) is 2.17. The zero-order chi connectivity index (χ0) is 8.55. The van der Waals surface area contributed by atoms with Crippen LogP contribution in [0.1, 0.15) is 15.9 Å². The molecule has 1 heterocycles. The molecule has 1 aliphatic rings. The first-order valence-corrected chi connectivity index (χ1v) is 3.91. The molecule has 0 saturated heterocycles. The normalized spacial score (nSPS) is 14.6. The minimum atomic E-state index is 0.726. The fraction of sp³-hybridized carbons (Fsp3) is 0.222. The van der Waals surface area contributed by atoms with E-state index in [-0.39, 0.29) is 0 Å². The third-order valence-electron chi connectivity index (χ3n) is 2.17.